The fourth-order valence-electron chi connectivity index (χ4n) is 1.84. The van der Waals surface area contributed by atoms with Crippen LogP contribution in [0.1, 0.15) is 17.3 Å². The molecule has 3 rings (SSSR count). The third kappa shape index (κ3) is 1.80. The van der Waals surface area contributed by atoms with Crippen LogP contribution in [0, 0.1) is 0 Å². The fourth-order valence-corrected chi connectivity index (χ4v) is 1.84. The number of ketones is 1. The van der Waals surface area contributed by atoms with Crippen LogP contribution >= 0.6 is 0 Å². The van der Waals surface area contributed by atoms with Gasteiger partial charge in [0.25, 0.3) is 0 Å². The number of aromatic nitrogens is 1. The van der Waals surface area contributed by atoms with Crippen LogP contribution < -0.4 is 0 Å². The maximum Gasteiger partial charge on any atom is 0.227 e. The van der Waals surface area contributed by atoms with Gasteiger partial charge in [-0.05, 0) is 31.2 Å². The Hall–Kier alpha value is -2.42. The second kappa shape index (κ2) is 4.11. The van der Waals surface area contributed by atoms with Gasteiger partial charge < -0.3 is 4.42 Å². The van der Waals surface area contributed by atoms with Crippen LogP contribution in [0.15, 0.2) is 52.9 Å². The molecule has 0 aliphatic carbocycles. The monoisotopic (exact) mass is 237 g/mol. The molecule has 0 spiro atoms. The Morgan fingerprint density at radius 2 is 1.78 bits per heavy atom. The Morgan fingerprint density at radius 3 is 2.44 bits per heavy atom. The zero-order valence-electron chi connectivity index (χ0n) is 9.88. The minimum absolute atomic E-state index is 0.0547. The predicted octanol–water partition coefficient (Wildman–Crippen LogP) is 3.70. The average molecular weight is 237 g/mol. The number of hydrogen-bond donors (Lipinski definition) is 0. The van der Waals surface area contributed by atoms with E-state index in [1.54, 1.807) is 19.1 Å². The van der Waals surface area contributed by atoms with Gasteiger partial charge in [-0.15, -0.1) is 0 Å². The van der Waals surface area contributed by atoms with Crippen molar-refractivity contribution in [2.24, 2.45) is 0 Å². The quantitative estimate of drug-likeness (QED) is 0.638. The van der Waals surface area contributed by atoms with Gasteiger partial charge in [0.15, 0.2) is 11.4 Å². The van der Waals surface area contributed by atoms with E-state index in [0.717, 1.165) is 16.7 Å². The lowest BCUT2D eigenvalue weighted by molar-refractivity contribution is 0.101. The van der Waals surface area contributed by atoms with Crippen molar-refractivity contribution >= 4 is 16.9 Å². The van der Waals surface area contributed by atoms with Crippen LogP contribution in [0.4, 0.5) is 0 Å². The lowest BCUT2D eigenvalue weighted by Crippen LogP contribution is -1.90. The molecule has 0 radical (unpaired) electrons. The Morgan fingerprint density at radius 1 is 1.06 bits per heavy atom. The second-order valence-corrected chi connectivity index (χ2v) is 4.12. The second-order valence-electron chi connectivity index (χ2n) is 4.12. The van der Waals surface area contributed by atoms with Crippen molar-refractivity contribution in [3.63, 3.8) is 0 Å². The van der Waals surface area contributed by atoms with E-state index in [-0.39, 0.29) is 5.78 Å². The molecule has 0 fully saturated rings. The van der Waals surface area contributed by atoms with Gasteiger partial charge in [-0.3, -0.25) is 4.79 Å². The van der Waals surface area contributed by atoms with Crippen LogP contribution in [-0.2, 0) is 0 Å². The molecule has 3 nitrogen and oxygen atoms in total. The van der Waals surface area contributed by atoms with Crippen LogP contribution in [-0.4, -0.2) is 10.8 Å². The number of Topliss-reactive ketones (excluding diaryl/α,β-unsaturated/α-hetero) is 1. The average Bonchev–Trinajstić information content (AvgIpc) is 2.82. The van der Waals surface area contributed by atoms with Gasteiger partial charge in [-0.25, -0.2) is 4.98 Å². The Bertz CT molecular complexity index is 678. The molecule has 88 valence electrons. The van der Waals surface area contributed by atoms with Crippen molar-refractivity contribution in [2.45, 2.75) is 6.92 Å². The highest BCUT2D eigenvalue weighted by Crippen LogP contribution is 2.24. The Kier molecular flexibility index (Phi) is 2.45. The van der Waals surface area contributed by atoms with Crippen molar-refractivity contribution in [1.29, 1.82) is 0 Å². The standard InChI is InChI=1S/C15H11NO2/c1-10(17)11-6-8-12(9-7-11)15-16-13-4-2-3-5-14(13)18-15/h2-9H,1H3. The highest BCUT2D eigenvalue weighted by atomic mass is 16.3. The van der Waals surface area contributed by atoms with Gasteiger partial charge in [-0.1, -0.05) is 24.3 Å². The van der Waals surface area contributed by atoms with Crippen molar-refractivity contribution in [3.8, 4) is 11.5 Å². The minimum atomic E-state index is 0.0547. The number of carbonyl (C=O) groups is 1. The molecular formula is C15H11NO2. The number of nitrogens with zero attached hydrogens (tertiary/aromatic N) is 1. The van der Waals surface area contributed by atoms with Gasteiger partial charge in [0.05, 0.1) is 0 Å². The first kappa shape index (κ1) is 10.7. The zero-order valence-corrected chi connectivity index (χ0v) is 9.88. The minimum Gasteiger partial charge on any atom is -0.436 e. The van der Waals surface area contributed by atoms with Crippen LogP contribution in [0.2, 0.25) is 0 Å². The van der Waals surface area contributed by atoms with Gasteiger partial charge in [0.1, 0.15) is 5.52 Å². The molecule has 0 unspecified atom stereocenters. The first-order chi connectivity index (χ1) is 8.74. The van der Waals surface area contributed by atoms with E-state index in [1.165, 1.54) is 0 Å². The number of oxazole rings is 1. The van der Waals surface area contributed by atoms with Crippen molar-refractivity contribution in [3.05, 3.63) is 54.1 Å². The first-order valence-electron chi connectivity index (χ1n) is 5.71. The summed E-state index contributed by atoms with van der Waals surface area (Å²) in [6.07, 6.45) is 0. The van der Waals surface area contributed by atoms with Gasteiger partial charge in [0.2, 0.25) is 5.89 Å². The molecule has 0 N–H and O–H groups in total. The number of carbonyl (C=O) groups excluding carboxylic acids is 1. The van der Waals surface area contributed by atoms with Crippen molar-refractivity contribution in [2.75, 3.05) is 0 Å². The molecule has 0 saturated carbocycles. The lowest BCUT2D eigenvalue weighted by atomic mass is 10.1. The van der Waals surface area contributed by atoms with Crippen LogP contribution in [0.25, 0.3) is 22.6 Å². The van der Waals surface area contributed by atoms with Crippen LogP contribution in [0.5, 0.6) is 0 Å². The summed E-state index contributed by atoms with van der Waals surface area (Å²) in [5.74, 6) is 0.630. The molecule has 3 heteroatoms. The molecule has 0 amide bonds. The summed E-state index contributed by atoms with van der Waals surface area (Å²) in [6.45, 7) is 1.55. The number of fused-ring (bicyclic) bond motifs is 1. The highest BCUT2D eigenvalue weighted by molar-refractivity contribution is 5.94. The molecule has 0 atom stereocenters. The topological polar surface area (TPSA) is 43.1 Å². The van der Waals surface area contributed by atoms with Gasteiger partial charge in [-0.2, -0.15) is 0 Å². The van der Waals surface area contributed by atoms with Crippen LogP contribution in [0.3, 0.4) is 0 Å². The van der Waals surface area contributed by atoms with Gasteiger partial charge in [0, 0.05) is 11.1 Å². The maximum absolute atomic E-state index is 11.2. The predicted molar refractivity (Wildman–Crippen MR) is 69.4 cm³/mol. The van der Waals surface area contributed by atoms with E-state index < -0.39 is 0 Å². The Labute approximate surface area is 104 Å². The molecule has 0 aliphatic rings. The summed E-state index contributed by atoms with van der Waals surface area (Å²) in [7, 11) is 0. The first-order valence-corrected chi connectivity index (χ1v) is 5.71. The summed E-state index contributed by atoms with van der Waals surface area (Å²) < 4.78 is 5.66. The molecule has 1 heterocycles. The fraction of sp³-hybridized carbons (Fsp3) is 0.0667. The summed E-state index contributed by atoms with van der Waals surface area (Å²) in [4.78, 5) is 15.6. The van der Waals surface area contributed by atoms with E-state index in [9.17, 15) is 4.79 Å². The smallest absolute Gasteiger partial charge is 0.227 e. The van der Waals surface area contributed by atoms with Crippen molar-refractivity contribution < 1.29 is 9.21 Å². The number of rotatable bonds is 2. The number of para-hydroxylation sites is 2. The summed E-state index contributed by atoms with van der Waals surface area (Å²) in [5.41, 5.74) is 3.16. The molecule has 3 aromatic rings. The lowest BCUT2D eigenvalue weighted by Gasteiger charge is -1.97. The maximum atomic E-state index is 11.2. The van der Waals surface area contributed by atoms with E-state index in [2.05, 4.69) is 4.98 Å². The number of benzene rings is 2. The summed E-state index contributed by atoms with van der Waals surface area (Å²) in [5, 5.41) is 0. The summed E-state index contributed by atoms with van der Waals surface area (Å²) in [6, 6.07) is 14.9. The molecule has 18 heavy (non-hydrogen) atoms. The third-order valence-electron chi connectivity index (χ3n) is 2.83. The largest absolute Gasteiger partial charge is 0.436 e. The normalized spacial score (nSPS) is 10.7. The molecular weight excluding hydrogens is 226 g/mol. The molecule has 0 bridgehead atoms. The molecule has 0 saturated heterocycles. The van der Waals surface area contributed by atoms with E-state index in [0.29, 0.717) is 11.5 Å². The van der Waals surface area contributed by atoms with Gasteiger partial charge >= 0.3 is 0 Å². The molecule has 0 aliphatic heterocycles. The molecule has 2 aromatic carbocycles. The van der Waals surface area contributed by atoms with E-state index in [1.807, 2.05) is 36.4 Å². The van der Waals surface area contributed by atoms with E-state index >= 15 is 0 Å². The van der Waals surface area contributed by atoms with Crippen molar-refractivity contribution in [1.82, 2.24) is 4.98 Å². The van der Waals surface area contributed by atoms with E-state index in [4.69, 9.17) is 4.42 Å². The molecule has 1 aromatic heterocycles. The third-order valence-corrected chi connectivity index (χ3v) is 2.83. The summed E-state index contributed by atoms with van der Waals surface area (Å²) >= 11 is 0. The number of hydrogen-bond acceptors (Lipinski definition) is 3. The Balaban J connectivity index is 2.06. The SMILES string of the molecule is CC(=O)c1ccc(-c2nc3ccccc3o2)cc1. The zero-order chi connectivity index (χ0) is 12.5. The highest BCUT2D eigenvalue weighted by Gasteiger charge is 2.08.